The Bertz CT molecular complexity index is 419. The van der Waals surface area contributed by atoms with Crippen LogP contribution in [0.25, 0.3) is 0 Å². The van der Waals surface area contributed by atoms with Crippen LogP contribution in [0.1, 0.15) is 37.7 Å². The quantitative estimate of drug-likeness (QED) is 0.830. The molecule has 1 aromatic heterocycles. The third-order valence-corrected chi connectivity index (χ3v) is 4.96. The fourth-order valence-electron chi connectivity index (χ4n) is 3.50. The van der Waals surface area contributed by atoms with Gasteiger partial charge in [-0.25, -0.2) is 0 Å². The zero-order chi connectivity index (χ0) is 13.7. The molecule has 0 unspecified atom stereocenters. The molecule has 1 fully saturated rings. The zero-order valence-corrected chi connectivity index (χ0v) is 12.4. The Morgan fingerprint density at radius 2 is 2.42 bits per heavy atom. The van der Waals surface area contributed by atoms with Crippen LogP contribution >= 0.6 is 12.2 Å². The molecule has 0 spiro atoms. The van der Waals surface area contributed by atoms with Crippen molar-refractivity contribution in [1.82, 2.24) is 10.3 Å². The van der Waals surface area contributed by atoms with Crippen LogP contribution in [0.3, 0.4) is 0 Å². The van der Waals surface area contributed by atoms with Crippen LogP contribution < -0.4 is 11.1 Å². The Kier molecular flexibility index (Phi) is 4.88. The van der Waals surface area contributed by atoms with Gasteiger partial charge in [-0.3, -0.25) is 4.98 Å². The summed E-state index contributed by atoms with van der Waals surface area (Å²) < 4.78 is 0. The number of pyridine rings is 1. The highest BCUT2D eigenvalue weighted by Crippen LogP contribution is 2.45. The molecule has 1 aliphatic rings. The molecule has 2 rings (SSSR count). The molecule has 1 heterocycles. The van der Waals surface area contributed by atoms with Crippen molar-refractivity contribution in [2.24, 2.45) is 11.7 Å². The number of thiocarbonyl (C=S) groups is 1. The molecule has 1 saturated carbocycles. The van der Waals surface area contributed by atoms with Crippen molar-refractivity contribution in [2.45, 2.75) is 37.5 Å². The van der Waals surface area contributed by atoms with Crippen LogP contribution in [0.15, 0.2) is 24.5 Å². The Hall–Kier alpha value is -1.00. The number of aromatic nitrogens is 1. The topological polar surface area (TPSA) is 50.9 Å². The molecule has 19 heavy (non-hydrogen) atoms. The molecule has 1 aromatic rings. The zero-order valence-electron chi connectivity index (χ0n) is 11.6. The van der Waals surface area contributed by atoms with E-state index in [0.29, 0.717) is 5.92 Å². The van der Waals surface area contributed by atoms with Gasteiger partial charge in [0.25, 0.3) is 0 Å². The van der Waals surface area contributed by atoms with E-state index in [0.717, 1.165) is 24.4 Å². The molecule has 0 saturated heterocycles. The first kappa shape index (κ1) is 14.4. The van der Waals surface area contributed by atoms with E-state index in [4.69, 9.17) is 18.0 Å². The second-order valence-corrected chi connectivity index (χ2v) is 5.72. The lowest BCUT2D eigenvalue weighted by molar-refractivity contribution is 0.240. The predicted octanol–water partition coefficient (Wildman–Crippen LogP) is 2.41. The highest BCUT2D eigenvalue weighted by Gasteiger charge is 2.44. The van der Waals surface area contributed by atoms with Gasteiger partial charge in [0.1, 0.15) is 0 Å². The van der Waals surface area contributed by atoms with Gasteiger partial charge in [-0.05, 0) is 43.4 Å². The van der Waals surface area contributed by atoms with Crippen LogP contribution in [-0.2, 0) is 5.41 Å². The fraction of sp³-hybridized carbons (Fsp3) is 0.600. The lowest BCUT2D eigenvalue weighted by atomic mass is 9.61. The summed E-state index contributed by atoms with van der Waals surface area (Å²) in [6.07, 6.45) is 9.61. The van der Waals surface area contributed by atoms with Crippen molar-refractivity contribution in [3.05, 3.63) is 30.1 Å². The number of rotatable bonds is 4. The molecule has 104 valence electrons. The van der Waals surface area contributed by atoms with Crippen LogP contribution in [0, 0.1) is 5.92 Å². The van der Waals surface area contributed by atoms with Gasteiger partial charge in [0.2, 0.25) is 0 Å². The van der Waals surface area contributed by atoms with E-state index in [-0.39, 0.29) is 5.41 Å². The maximum absolute atomic E-state index is 5.82. The summed E-state index contributed by atoms with van der Waals surface area (Å²) in [6.45, 7) is 0.721. The standard InChI is InChI=1S/C15H23N3S/c1-17-14(19)15(13-6-4-10-18-11-13)8-3-2-5-12(15)7-9-16/h4,6,10-12H,2-3,5,7-9,16H2,1H3,(H,17,19)/t12-,15+/m0/s1. The van der Waals surface area contributed by atoms with Crippen LogP contribution in [0.4, 0.5) is 0 Å². The van der Waals surface area contributed by atoms with Crippen molar-refractivity contribution in [1.29, 1.82) is 0 Å². The first-order valence-electron chi connectivity index (χ1n) is 7.08. The average Bonchev–Trinajstić information content (AvgIpc) is 2.48. The smallest absolute Gasteiger partial charge is 0.0861 e. The molecule has 0 radical (unpaired) electrons. The fourth-order valence-corrected chi connectivity index (χ4v) is 3.88. The second-order valence-electron chi connectivity index (χ2n) is 5.31. The number of hydrogen-bond donors (Lipinski definition) is 2. The third-order valence-electron chi connectivity index (χ3n) is 4.39. The molecule has 4 heteroatoms. The lowest BCUT2D eigenvalue weighted by Crippen LogP contribution is -2.49. The molecule has 2 atom stereocenters. The van der Waals surface area contributed by atoms with Gasteiger partial charge < -0.3 is 11.1 Å². The van der Waals surface area contributed by atoms with Crippen molar-refractivity contribution in [3.63, 3.8) is 0 Å². The van der Waals surface area contributed by atoms with Gasteiger partial charge in [0, 0.05) is 24.9 Å². The Labute approximate surface area is 121 Å². The van der Waals surface area contributed by atoms with E-state index in [2.05, 4.69) is 16.4 Å². The van der Waals surface area contributed by atoms with Gasteiger partial charge in [0.05, 0.1) is 4.99 Å². The summed E-state index contributed by atoms with van der Waals surface area (Å²) >= 11 is 5.68. The summed E-state index contributed by atoms with van der Waals surface area (Å²) in [5, 5.41) is 3.23. The van der Waals surface area contributed by atoms with Crippen LogP contribution in [0.2, 0.25) is 0 Å². The minimum absolute atomic E-state index is 0.0734. The van der Waals surface area contributed by atoms with Crippen molar-refractivity contribution >= 4 is 17.2 Å². The summed E-state index contributed by atoms with van der Waals surface area (Å²) in [5.74, 6) is 0.524. The monoisotopic (exact) mass is 277 g/mol. The van der Waals surface area contributed by atoms with E-state index in [1.54, 1.807) is 0 Å². The summed E-state index contributed by atoms with van der Waals surface area (Å²) in [5.41, 5.74) is 6.99. The minimum atomic E-state index is -0.0734. The van der Waals surface area contributed by atoms with Gasteiger partial charge in [-0.2, -0.15) is 0 Å². The Morgan fingerprint density at radius 1 is 1.58 bits per heavy atom. The molecular weight excluding hydrogens is 254 g/mol. The molecule has 0 aliphatic heterocycles. The van der Waals surface area contributed by atoms with E-state index in [1.807, 2.05) is 25.5 Å². The van der Waals surface area contributed by atoms with Crippen LogP contribution in [0.5, 0.6) is 0 Å². The minimum Gasteiger partial charge on any atom is -0.382 e. The highest BCUT2D eigenvalue weighted by molar-refractivity contribution is 7.80. The highest BCUT2D eigenvalue weighted by atomic mass is 32.1. The summed E-state index contributed by atoms with van der Waals surface area (Å²) in [4.78, 5) is 5.24. The van der Waals surface area contributed by atoms with Gasteiger partial charge in [-0.1, -0.05) is 31.1 Å². The normalized spacial score (nSPS) is 26.9. The SMILES string of the molecule is CNC(=S)[C@]1(c2cccnc2)CCCC[C@H]1CCN. The third kappa shape index (κ3) is 2.65. The maximum atomic E-state index is 5.82. The van der Waals surface area contributed by atoms with Gasteiger partial charge >= 0.3 is 0 Å². The van der Waals surface area contributed by atoms with Crippen molar-refractivity contribution in [2.75, 3.05) is 13.6 Å². The molecular formula is C15H23N3S. The molecule has 3 nitrogen and oxygen atoms in total. The number of likely N-dealkylation sites (N-methyl/N-ethyl adjacent to an activating group) is 1. The Balaban J connectivity index is 2.46. The molecule has 1 aliphatic carbocycles. The second kappa shape index (κ2) is 6.44. The average molecular weight is 277 g/mol. The van der Waals surface area contributed by atoms with Gasteiger partial charge in [-0.15, -0.1) is 0 Å². The van der Waals surface area contributed by atoms with E-state index in [1.165, 1.54) is 24.8 Å². The van der Waals surface area contributed by atoms with E-state index in [9.17, 15) is 0 Å². The lowest BCUT2D eigenvalue weighted by Gasteiger charge is -2.45. The largest absolute Gasteiger partial charge is 0.382 e. The summed E-state index contributed by atoms with van der Waals surface area (Å²) in [7, 11) is 1.93. The van der Waals surface area contributed by atoms with Gasteiger partial charge in [0.15, 0.2) is 0 Å². The van der Waals surface area contributed by atoms with E-state index < -0.39 is 0 Å². The van der Waals surface area contributed by atoms with Crippen LogP contribution in [-0.4, -0.2) is 23.6 Å². The number of nitrogens with two attached hydrogens (primary N) is 1. The molecule has 0 bridgehead atoms. The van der Waals surface area contributed by atoms with E-state index >= 15 is 0 Å². The summed E-state index contributed by atoms with van der Waals surface area (Å²) in [6, 6.07) is 4.16. The van der Waals surface area contributed by atoms with Crippen molar-refractivity contribution in [3.8, 4) is 0 Å². The first-order valence-corrected chi connectivity index (χ1v) is 7.49. The van der Waals surface area contributed by atoms with Crippen molar-refractivity contribution < 1.29 is 0 Å². The maximum Gasteiger partial charge on any atom is 0.0861 e. The first-order chi connectivity index (χ1) is 9.25. The number of nitrogens with one attached hydrogen (secondary N) is 1. The molecule has 0 aromatic carbocycles. The molecule has 0 amide bonds. The Morgan fingerprint density at radius 3 is 3.05 bits per heavy atom. The molecule has 3 N–H and O–H groups in total. The number of nitrogens with zero attached hydrogens (tertiary/aromatic N) is 1. The predicted molar refractivity (Wildman–Crippen MR) is 83.2 cm³/mol. The number of hydrogen-bond acceptors (Lipinski definition) is 3.